The fraction of sp³-hybridized carbons (Fsp3) is 0. The van der Waals surface area contributed by atoms with Crippen LogP contribution in [0.25, 0.3) is 0 Å². The summed E-state index contributed by atoms with van der Waals surface area (Å²) in [5.41, 5.74) is 0.464. The Morgan fingerprint density at radius 3 is 2.71 bits per heavy atom. The number of aromatic nitrogens is 1. The molecule has 0 radical (unpaired) electrons. The van der Waals surface area contributed by atoms with Crippen LogP contribution in [-0.2, 0) is 0 Å². The van der Waals surface area contributed by atoms with Gasteiger partial charge in [0.05, 0.1) is 11.8 Å². The highest BCUT2D eigenvalue weighted by atomic mass is 127. The largest absolute Gasteiger partial charge is 0.290 e. The maximum Gasteiger partial charge on any atom is 0.157 e. The molecule has 14 heavy (non-hydrogen) atoms. The van der Waals surface area contributed by atoms with Crippen molar-refractivity contribution in [3.63, 3.8) is 0 Å². The lowest BCUT2D eigenvalue weighted by Gasteiger charge is -1.99. The molecule has 1 aromatic rings. The van der Waals surface area contributed by atoms with Gasteiger partial charge in [0.2, 0.25) is 0 Å². The number of hydrogen-bond acceptors (Lipinski definition) is 2. The first kappa shape index (κ1) is 14.2. The number of rotatable bonds is 2. The lowest BCUT2D eigenvalue weighted by molar-refractivity contribution is 0.626. The van der Waals surface area contributed by atoms with Gasteiger partial charge in [0.1, 0.15) is 2.41 Å². The van der Waals surface area contributed by atoms with Crippen molar-refractivity contribution >= 4 is 88.2 Å². The summed E-state index contributed by atoms with van der Waals surface area (Å²) in [4.78, 5) is 0. The minimum absolute atomic E-state index is 0.191. The molecule has 8 heteroatoms. The van der Waals surface area contributed by atoms with E-state index in [1.54, 1.807) is 21.7 Å². The van der Waals surface area contributed by atoms with Crippen LogP contribution in [0.2, 0.25) is 0 Å². The predicted octanol–water partition coefficient (Wildman–Crippen LogP) is 5.61. The van der Waals surface area contributed by atoms with Gasteiger partial charge < -0.3 is 0 Å². The molecule has 0 atom stereocenters. The van der Waals surface area contributed by atoms with Gasteiger partial charge in [-0.2, -0.15) is 0 Å². The van der Waals surface area contributed by atoms with Crippen molar-refractivity contribution in [1.29, 1.82) is 0 Å². The van der Waals surface area contributed by atoms with Gasteiger partial charge in [-0.3, -0.25) is 3.97 Å². The van der Waals surface area contributed by atoms with E-state index >= 15 is 0 Å². The molecule has 0 N–H and O–H groups in total. The standard InChI is InChI=1S/C6H2FI3NPS2/c7-6-4-11(14-12(8)9)3-5(6)1-2-13-10/h3-4H. The molecule has 0 fully saturated rings. The maximum absolute atomic E-state index is 13.2. The highest BCUT2D eigenvalue weighted by Gasteiger charge is 2.06. The van der Waals surface area contributed by atoms with E-state index in [-0.39, 0.29) is 8.23 Å². The summed E-state index contributed by atoms with van der Waals surface area (Å²) in [5, 5.41) is 2.76. The van der Waals surface area contributed by atoms with Crippen LogP contribution in [0.5, 0.6) is 0 Å². The van der Waals surface area contributed by atoms with Crippen molar-refractivity contribution in [3.8, 4) is 11.2 Å². The molecule has 0 bridgehead atoms. The molecular weight excluding hydrogens is 581 g/mol. The van der Waals surface area contributed by atoms with Crippen molar-refractivity contribution in [2.45, 2.75) is 0 Å². The van der Waals surface area contributed by atoms with Crippen molar-refractivity contribution < 1.29 is 4.39 Å². The number of nitrogens with zero attached hydrogens (tertiary/aromatic N) is 1. The number of hydrogen-bond donors (Lipinski definition) is 0. The third kappa shape index (κ3) is 4.95. The minimum Gasteiger partial charge on any atom is -0.290 e. The van der Waals surface area contributed by atoms with Gasteiger partial charge in [-0.1, -0.05) is 0 Å². The van der Waals surface area contributed by atoms with Crippen LogP contribution in [0.1, 0.15) is 5.56 Å². The van der Waals surface area contributed by atoms with Crippen molar-refractivity contribution in [1.82, 2.24) is 3.97 Å². The molecule has 0 aliphatic heterocycles. The highest BCUT2D eigenvalue weighted by molar-refractivity contribution is 14.3. The summed E-state index contributed by atoms with van der Waals surface area (Å²) >= 11 is 8.32. The summed E-state index contributed by atoms with van der Waals surface area (Å²) in [6, 6.07) is 0. The van der Waals surface area contributed by atoms with E-state index < -0.39 is 0 Å². The molecule has 1 rings (SSSR count). The van der Waals surface area contributed by atoms with Crippen LogP contribution in [0.4, 0.5) is 4.39 Å². The molecule has 1 aromatic heterocycles. The second-order valence-electron chi connectivity index (χ2n) is 1.97. The van der Waals surface area contributed by atoms with Gasteiger partial charge in [-0.25, -0.2) is 4.39 Å². The normalized spacial score (nSPS) is 10.1. The van der Waals surface area contributed by atoms with E-state index in [9.17, 15) is 4.39 Å². The van der Waals surface area contributed by atoms with E-state index in [1.165, 1.54) is 15.1 Å². The average Bonchev–Trinajstić information content (AvgIpc) is 2.41. The van der Waals surface area contributed by atoms with Gasteiger partial charge in [-0.15, -0.1) is 0 Å². The van der Waals surface area contributed by atoms with Crippen LogP contribution in [-0.4, -0.2) is 3.97 Å². The molecule has 76 valence electrons. The van der Waals surface area contributed by atoms with Gasteiger partial charge in [-0.05, 0) is 64.2 Å². The Labute approximate surface area is 129 Å². The van der Waals surface area contributed by atoms with Crippen molar-refractivity contribution in [3.05, 3.63) is 23.8 Å². The first-order chi connectivity index (χ1) is 6.63. The summed E-state index contributed by atoms with van der Waals surface area (Å²) in [7, 11) is 1.36. The molecule has 0 amide bonds. The Kier molecular flexibility index (Phi) is 7.50. The Balaban J connectivity index is 2.82. The third-order valence-corrected chi connectivity index (χ3v) is 6.60. The van der Waals surface area contributed by atoms with Crippen LogP contribution in [0, 0.1) is 17.0 Å². The van der Waals surface area contributed by atoms with Crippen LogP contribution in [0.3, 0.4) is 0 Å². The van der Waals surface area contributed by atoms with Gasteiger partial charge in [0.25, 0.3) is 0 Å². The summed E-state index contributed by atoms with van der Waals surface area (Å²) in [6.07, 6.45) is 3.20. The molecule has 0 unspecified atom stereocenters. The molecule has 0 aliphatic carbocycles. The molecular formula is C6H2FI3NPS2. The minimum atomic E-state index is -0.250. The Hall–Kier alpha value is 2.09. The highest BCUT2D eigenvalue weighted by Crippen LogP contribution is 2.64. The lowest BCUT2D eigenvalue weighted by Crippen LogP contribution is -1.73. The van der Waals surface area contributed by atoms with E-state index in [1.807, 2.05) is 0 Å². The smallest absolute Gasteiger partial charge is 0.157 e. The zero-order chi connectivity index (χ0) is 10.6. The second kappa shape index (κ2) is 7.42. The predicted molar refractivity (Wildman–Crippen MR) is 90.8 cm³/mol. The second-order valence-corrected chi connectivity index (χ2v) is 21.5. The molecule has 1 nitrogen and oxygen atoms in total. The van der Waals surface area contributed by atoms with Gasteiger partial charge in [0, 0.05) is 39.0 Å². The zero-order valence-electron chi connectivity index (χ0n) is 6.38. The monoisotopic (exact) mass is 583 g/mol. The van der Waals surface area contributed by atoms with Crippen LogP contribution < -0.4 is 0 Å². The first-order valence-electron chi connectivity index (χ1n) is 3.09. The fourth-order valence-electron chi connectivity index (χ4n) is 0.692. The fourth-order valence-corrected chi connectivity index (χ4v) is 5.98. The van der Waals surface area contributed by atoms with Gasteiger partial charge in [0.15, 0.2) is 5.82 Å². The quantitative estimate of drug-likeness (QED) is 0.254. The topological polar surface area (TPSA) is 4.93 Å². The van der Waals surface area contributed by atoms with E-state index in [0.29, 0.717) is 5.56 Å². The Bertz CT molecular complexity index is 373. The number of halogens is 4. The summed E-state index contributed by atoms with van der Waals surface area (Å²) in [6.45, 7) is 0. The molecule has 0 saturated heterocycles. The average molecular weight is 583 g/mol. The zero-order valence-corrected chi connectivity index (χ0v) is 15.4. The van der Waals surface area contributed by atoms with E-state index in [0.717, 1.165) is 0 Å². The van der Waals surface area contributed by atoms with Gasteiger partial charge >= 0.3 is 0 Å². The van der Waals surface area contributed by atoms with Crippen molar-refractivity contribution in [2.75, 3.05) is 0 Å². The SMILES string of the molecule is Fc1cn(SP(I)I)cc1C#CSI. The molecule has 0 aliphatic rings. The maximum atomic E-state index is 13.2. The molecule has 0 spiro atoms. The summed E-state index contributed by atoms with van der Waals surface area (Å²) < 4.78 is 14.8. The van der Waals surface area contributed by atoms with Crippen LogP contribution in [0.15, 0.2) is 12.4 Å². The molecule has 0 aromatic carbocycles. The third-order valence-electron chi connectivity index (χ3n) is 1.13. The van der Waals surface area contributed by atoms with Crippen molar-refractivity contribution in [2.24, 2.45) is 0 Å². The molecule has 0 saturated carbocycles. The van der Waals surface area contributed by atoms with E-state index in [4.69, 9.17) is 0 Å². The van der Waals surface area contributed by atoms with Crippen LogP contribution >= 0.6 is 88.2 Å². The van der Waals surface area contributed by atoms with E-state index in [2.05, 4.69) is 76.5 Å². The lowest BCUT2D eigenvalue weighted by atomic mass is 10.3. The summed E-state index contributed by atoms with van der Waals surface area (Å²) in [5.74, 6) is 2.50. The first-order valence-corrected chi connectivity index (χ1v) is 14.7. The molecule has 1 heterocycles. The Morgan fingerprint density at radius 1 is 1.43 bits per heavy atom. The Morgan fingerprint density at radius 2 is 2.14 bits per heavy atom.